The summed E-state index contributed by atoms with van der Waals surface area (Å²) >= 11 is 0. The summed E-state index contributed by atoms with van der Waals surface area (Å²) in [6, 6.07) is 4.66. The Bertz CT molecular complexity index is 856. The molecule has 0 radical (unpaired) electrons. The molecule has 5 heteroatoms. The summed E-state index contributed by atoms with van der Waals surface area (Å²) in [5, 5.41) is 3.48. The first kappa shape index (κ1) is 17.1. The van der Waals surface area contributed by atoms with Gasteiger partial charge in [0.05, 0.1) is 30.3 Å². The number of hydrogen-bond donors (Lipinski definition) is 0. The Morgan fingerprint density at radius 3 is 2.81 bits per heavy atom. The van der Waals surface area contributed by atoms with E-state index in [-0.39, 0.29) is 23.8 Å². The van der Waals surface area contributed by atoms with Crippen LogP contribution in [0.25, 0.3) is 11.3 Å². The molecule has 4 rings (SSSR count). The maximum absolute atomic E-state index is 14.6. The monoisotopic (exact) mass is 353 g/mol. The molecule has 2 heterocycles. The van der Waals surface area contributed by atoms with Gasteiger partial charge < -0.3 is 4.57 Å². The predicted octanol–water partition coefficient (Wildman–Crippen LogP) is 5.64. The molecule has 1 saturated carbocycles. The lowest BCUT2D eigenvalue weighted by molar-refractivity contribution is 0.305. The normalized spacial score (nSPS) is 22.7. The predicted molar refractivity (Wildman–Crippen MR) is 100 cm³/mol. The van der Waals surface area contributed by atoms with Crippen LogP contribution in [0.3, 0.4) is 0 Å². The standard InChI is InChI=1S/C21H24FN3O/c1-13(2)14-6-8-15(9-7-14)18(24-26)10-19-21-16(4-3-5-17(21)22)20-11-23-12-25(19)20/h3-5,11-12,15,18-19H,6-10H2,1-2H3. The lowest BCUT2D eigenvalue weighted by Gasteiger charge is -2.30. The van der Waals surface area contributed by atoms with Crippen LogP contribution in [0.5, 0.6) is 0 Å². The third-order valence-electron chi connectivity index (χ3n) is 6.15. The Labute approximate surface area is 153 Å². The molecule has 1 aromatic heterocycles. The van der Waals surface area contributed by atoms with E-state index < -0.39 is 0 Å². The molecule has 136 valence electrons. The number of fused-ring (bicyclic) bond motifs is 3. The number of hydrogen-bond acceptors (Lipinski definition) is 3. The minimum absolute atomic E-state index is 0.198. The van der Waals surface area contributed by atoms with E-state index in [1.165, 1.54) is 17.2 Å². The van der Waals surface area contributed by atoms with E-state index in [9.17, 15) is 9.30 Å². The molecule has 1 aliphatic heterocycles. The van der Waals surface area contributed by atoms with E-state index in [1.54, 1.807) is 18.6 Å². The number of rotatable bonds is 4. The van der Waals surface area contributed by atoms with Gasteiger partial charge in [0.15, 0.2) is 0 Å². The van der Waals surface area contributed by atoms with Crippen LogP contribution in [0.15, 0.2) is 47.0 Å². The Hall–Kier alpha value is -2.30. The molecule has 0 N–H and O–H groups in total. The second-order valence-electron chi connectivity index (χ2n) is 7.75. The zero-order valence-electron chi connectivity index (χ0n) is 15.3. The molecule has 0 amide bonds. The molecular formula is C21H24FN3O. The second kappa shape index (κ2) is 6.78. The fraction of sp³-hybridized carbons (Fsp3) is 0.476. The minimum Gasteiger partial charge on any atom is -0.323 e. The van der Waals surface area contributed by atoms with Gasteiger partial charge in [-0.2, -0.15) is 4.91 Å². The van der Waals surface area contributed by atoms with E-state index >= 15 is 0 Å². The molecule has 0 bridgehead atoms. The molecule has 2 aliphatic rings. The van der Waals surface area contributed by atoms with Crippen molar-refractivity contribution in [2.45, 2.75) is 58.0 Å². The van der Waals surface area contributed by atoms with Crippen molar-refractivity contribution < 1.29 is 4.39 Å². The van der Waals surface area contributed by atoms with E-state index in [1.807, 2.05) is 10.6 Å². The molecule has 1 aliphatic carbocycles. The minimum atomic E-state index is -0.292. The van der Waals surface area contributed by atoms with Crippen molar-refractivity contribution in [2.75, 3.05) is 0 Å². The Balaban J connectivity index is 1.59. The highest BCUT2D eigenvalue weighted by molar-refractivity contribution is 5.69. The molecular weight excluding hydrogens is 329 g/mol. The first-order valence-corrected chi connectivity index (χ1v) is 9.38. The van der Waals surface area contributed by atoms with Gasteiger partial charge in [0.2, 0.25) is 0 Å². The maximum Gasteiger partial charge on any atom is 0.129 e. The second-order valence-corrected chi connectivity index (χ2v) is 7.75. The van der Waals surface area contributed by atoms with Crippen LogP contribution in [0.2, 0.25) is 0 Å². The summed E-state index contributed by atoms with van der Waals surface area (Å²) < 4.78 is 16.6. The molecule has 1 aromatic carbocycles. The lowest BCUT2D eigenvalue weighted by Crippen LogP contribution is -2.25. The smallest absolute Gasteiger partial charge is 0.129 e. The average molecular weight is 353 g/mol. The summed E-state index contributed by atoms with van der Waals surface area (Å²) in [4.78, 5) is 15.9. The van der Waals surface area contributed by atoms with Gasteiger partial charge in [0, 0.05) is 11.1 Å². The molecule has 2 unspecified atom stereocenters. The van der Waals surface area contributed by atoms with Gasteiger partial charge in [-0.25, -0.2) is 9.37 Å². The van der Waals surface area contributed by atoms with Crippen LogP contribution in [0.1, 0.15) is 57.6 Å². The van der Waals surface area contributed by atoms with Gasteiger partial charge >= 0.3 is 0 Å². The zero-order chi connectivity index (χ0) is 18.3. The highest BCUT2D eigenvalue weighted by atomic mass is 19.1. The third kappa shape index (κ3) is 2.79. The van der Waals surface area contributed by atoms with Crippen LogP contribution < -0.4 is 0 Å². The molecule has 0 saturated heterocycles. The zero-order valence-corrected chi connectivity index (χ0v) is 15.3. The van der Waals surface area contributed by atoms with Crippen molar-refractivity contribution in [1.82, 2.24) is 9.55 Å². The fourth-order valence-electron chi connectivity index (χ4n) is 4.65. The van der Waals surface area contributed by atoms with Crippen LogP contribution >= 0.6 is 0 Å². The van der Waals surface area contributed by atoms with Crippen molar-refractivity contribution >= 4 is 0 Å². The molecule has 2 aromatic rings. The van der Waals surface area contributed by atoms with Gasteiger partial charge in [-0.15, -0.1) is 0 Å². The SMILES string of the molecule is CC(C)=C1CCC(C(CC2c3c(F)cccc3-c3cncn32)N=O)CC1. The van der Waals surface area contributed by atoms with E-state index in [0.717, 1.165) is 36.9 Å². The summed E-state index contributed by atoms with van der Waals surface area (Å²) in [6.45, 7) is 4.31. The van der Waals surface area contributed by atoms with Gasteiger partial charge in [0.1, 0.15) is 5.82 Å². The number of halogens is 1. The number of imidazole rings is 1. The number of nitroso groups, excluding NO2 is 1. The van der Waals surface area contributed by atoms with Crippen molar-refractivity contribution in [1.29, 1.82) is 0 Å². The largest absolute Gasteiger partial charge is 0.323 e. The quantitative estimate of drug-likeness (QED) is 0.527. The van der Waals surface area contributed by atoms with Crippen molar-refractivity contribution in [3.63, 3.8) is 0 Å². The third-order valence-corrected chi connectivity index (χ3v) is 6.15. The van der Waals surface area contributed by atoms with Crippen molar-refractivity contribution in [2.24, 2.45) is 11.1 Å². The average Bonchev–Trinajstić information content (AvgIpc) is 3.22. The first-order chi connectivity index (χ1) is 12.6. The number of nitrogens with zero attached hydrogens (tertiary/aromatic N) is 3. The van der Waals surface area contributed by atoms with Crippen LogP contribution in [0, 0.1) is 16.6 Å². The van der Waals surface area contributed by atoms with E-state index in [2.05, 4.69) is 24.0 Å². The Morgan fingerprint density at radius 1 is 1.35 bits per heavy atom. The Morgan fingerprint density at radius 2 is 2.12 bits per heavy atom. The first-order valence-electron chi connectivity index (χ1n) is 9.38. The summed E-state index contributed by atoms with van der Waals surface area (Å²) in [7, 11) is 0. The van der Waals surface area contributed by atoms with Crippen LogP contribution in [0.4, 0.5) is 4.39 Å². The van der Waals surface area contributed by atoms with Crippen LogP contribution in [-0.2, 0) is 0 Å². The van der Waals surface area contributed by atoms with E-state index in [0.29, 0.717) is 12.0 Å². The molecule has 1 fully saturated rings. The molecule has 2 atom stereocenters. The van der Waals surface area contributed by atoms with E-state index in [4.69, 9.17) is 0 Å². The lowest BCUT2D eigenvalue weighted by atomic mass is 9.78. The number of allylic oxidation sites excluding steroid dienone is 2. The number of benzene rings is 1. The summed E-state index contributed by atoms with van der Waals surface area (Å²) in [5.41, 5.74) is 5.39. The van der Waals surface area contributed by atoms with Gasteiger partial charge in [-0.1, -0.05) is 28.5 Å². The van der Waals surface area contributed by atoms with Crippen LogP contribution in [-0.4, -0.2) is 15.6 Å². The molecule has 4 nitrogen and oxygen atoms in total. The highest BCUT2D eigenvalue weighted by Crippen LogP contribution is 2.45. The van der Waals surface area contributed by atoms with Gasteiger partial charge in [-0.05, 0) is 57.9 Å². The molecule has 26 heavy (non-hydrogen) atoms. The van der Waals surface area contributed by atoms with Crippen molar-refractivity contribution in [3.05, 3.63) is 58.2 Å². The summed E-state index contributed by atoms with van der Waals surface area (Å²) in [5.74, 6) is 0.0646. The summed E-state index contributed by atoms with van der Waals surface area (Å²) in [6.07, 6.45) is 8.12. The highest BCUT2D eigenvalue weighted by Gasteiger charge is 2.36. The van der Waals surface area contributed by atoms with Gasteiger partial charge in [0.25, 0.3) is 0 Å². The van der Waals surface area contributed by atoms with Crippen molar-refractivity contribution in [3.8, 4) is 11.3 Å². The van der Waals surface area contributed by atoms with Gasteiger partial charge in [-0.3, -0.25) is 0 Å². The fourth-order valence-corrected chi connectivity index (χ4v) is 4.65. The number of aromatic nitrogens is 2. The topological polar surface area (TPSA) is 47.2 Å². The molecule has 0 spiro atoms. The maximum atomic E-state index is 14.6. The Kier molecular flexibility index (Phi) is 4.47.